The highest BCUT2D eigenvalue weighted by atomic mass is 32.2. The number of rotatable bonds is 12. The maximum Gasteiger partial charge on any atom is 0.330 e. The van der Waals surface area contributed by atoms with Gasteiger partial charge >= 0.3 is 5.97 Å². The molecule has 0 amide bonds. The lowest BCUT2D eigenvalue weighted by Crippen LogP contribution is -2.03. The number of aromatic nitrogens is 2. The van der Waals surface area contributed by atoms with E-state index in [0.717, 1.165) is 23.7 Å². The van der Waals surface area contributed by atoms with E-state index in [-0.39, 0.29) is 0 Å². The molecule has 0 bridgehead atoms. The molecule has 0 spiro atoms. The predicted octanol–water partition coefficient (Wildman–Crippen LogP) is 3.96. The fourth-order valence-corrected chi connectivity index (χ4v) is 1.96. The van der Waals surface area contributed by atoms with Gasteiger partial charge in [-0.2, -0.15) is 9.32 Å². The molecule has 0 atom stereocenters. The van der Waals surface area contributed by atoms with Gasteiger partial charge in [-0.25, -0.2) is 9.68 Å². The summed E-state index contributed by atoms with van der Waals surface area (Å²) in [5.41, 5.74) is 0.754. The van der Waals surface area contributed by atoms with Crippen LogP contribution in [-0.2, 0) is 18.8 Å². The van der Waals surface area contributed by atoms with Crippen LogP contribution in [-0.4, -0.2) is 29.3 Å². The van der Waals surface area contributed by atoms with Crippen molar-refractivity contribution in [3.63, 3.8) is 0 Å². The topological polar surface area (TPSA) is 83.7 Å². The second-order valence-corrected chi connectivity index (χ2v) is 5.58. The summed E-state index contributed by atoms with van der Waals surface area (Å²) >= 11 is 0.993. The molecule has 0 aliphatic heterocycles. The van der Waals surface area contributed by atoms with Gasteiger partial charge in [0, 0.05) is 23.5 Å². The zero-order valence-electron chi connectivity index (χ0n) is 14.4. The van der Waals surface area contributed by atoms with Gasteiger partial charge in [0.1, 0.15) is 0 Å². The average molecular weight is 366 g/mol. The summed E-state index contributed by atoms with van der Waals surface area (Å²) in [6, 6.07) is 0. The summed E-state index contributed by atoms with van der Waals surface area (Å²) < 4.78 is 14.8. The third kappa shape index (κ3) is 9.04. The van der Waals surface area contributed by atoms with E-state index >= 15 is 0 Å². The standard InChI is InChI=1S/C17H22N2O5S/c1-5-9-15(17-18-14(4)23-19-17)12-13(3)25-24-22-11-8-7-10-21-16(20)6-2/h5-6,9,12H,2-3,7-8,10-11H2,1,4H3/b9-5-,15-12+. The van der Waals surface area contributed by atoms with Gasteiger partial charge in [0.15, 0.2) is 0 Å². The maximum atomic E-state index is 10.8. The predicted molar refractivity (Wildman–Crippen MR) is 96.0 cm³/mol. The molecule has 0 aliphatic rings. The second kappa shape index (κ2) is 12.2. The largest absolute Gasteiger partial charge is 0.463 e. The van der Waals surface area contributed by atoms with Crippen LogP contribution in [0.15, 0.2) is 46.9 Å². The molecule has 0 saturated heterocycles. The molecule has 0 unspecified atom stereocenters. The number of aryl methyl sites for hydroxylation is 1. The van der Waals surface area contributed by atoms with Crippen molar-refractivity contribution in [3.05, 3.63) is 54.1 Å². The first-order valence-corrected chi connectivity index (χ1v) is 8.40. The third-order valence-corrected chi connectivity index (χ3v) is 3.17. The van der Waals surface area contributed by atoms with E-state index in [9.17, 15) is 4.79 Å². The number of unbranched alkanes of at least 4 members (excludes halogenated alkanes) is 1. The molecule has 1 aromatic heterocycles. The number of carbonyl (C=O) groups is 1. The van der Waals surface area contributed by atoms with Crippen molar-refractivity contribution in [1.29, 1.82) is 0 Å². The summed E-state index contributed by atoms with van der Waals surface area (Å²) in [6.45, 7) is 11.5. The van der Waals surface area contributed by atoms with Crippen LogP contribution in [0.4, 0.5) is 0 Å². The molecule has 1 aromatic rings. The zero-order chi connectivity index (χ0) is 18.5. The molecule has 0 saturated carbocycles. The van der Waals surface area contributed by atoms with E-state index < -0.39 is 5.97 Å². The molecule has 0 aromatic carbocycles. The van der Waals surface area contributed by atoms with E-state index in [0.29, 0.717) is 42.7 Å². The van der Waals surface area contributed by atoms with Gasteiger partial charge in [0.05, 0.1) is 25.3 Å². The molecular weight excluding hydrogens is 344 g/mol. The van der Waals surface area contributed by atoms with E-state index in [1.165, 1.54) is 0 Å². The van der Waals surface area contributed by atoms with Crippen molar-refractivity contribution >= 4 is 23.6 Å². The molecule has 0 N–H and O–H groups in total. The summed E-state index contributed by atoms with van der Waals surface area (Å²) in [5, 5.41) is 3.87. The fraction of sp³-hybridized carbons (Fsp3) is 0.353. The minimum atomic E-state index is -0.426. The molecular formula is C17H22N2O5S. The Bertz CT molecular complexity index is 637. The maximum absolute atomic E-state index is 10.8. The highest BCUT2D eigenvalue weighted by Gasteiger charge is 2.07. The lowest BCUT2D eigenvalue weighted by Gasteiger charge is -2.04. The summed E-state index contributed by atoms with van der Waals surface area (Å²) in [5.74, 6) is 0.541. The Labute approximate surface area is 151 Å². The van der Waals surface area contributed by atoms with E-state index in [1.54, 1.807) is 13.0 Å². The van der Waals surface area contributed by atoms with Crippen molar-refractivity contribution in [3.8, 4) is 0 Å². The number of esters is 1. The zero-order valence-corrected chi connectivity index (χ0v) is 15.2. The molecule has 7 nitrogen and oxygen atoms in total. The minimum Gasteiger partial charge on any atom is -0.463 e. The Morgan fingerprint density at radius 1 is 1.36 bits per heavy atom. The van der Waals surface area contributed by atoms with Gasteiger partial charge < -0.3 is 9.26 Å². The molecule has 0 radical (unpaired) electrons. The quantitative estimate of drug-likeness (QED) is 0.105. The van der Waals surface area contributed by atoms with Crippen molar-refractivity contribution in [2.75, 3.05) is 13.2 Å². The van der Waals surface area contributed by atoms with Crippen molar-refractivity contribution < 1.29 is 23.3 Å². The van der Waals surface area contributed by atoms with Crippen molar-refractivity contribution in [2.45, 2.75) is 26.7 Å². The number of carbonyl (C=O) groups excluding carboxylic acids is 1. The minimum absolute atomic E-state index is 0.327. The average Bonchev–Trinajstić information content (AvgIpc) is 3.03. The second-order valence-electron chi connectivity index (χ2n) is 4.76. The fourth-order valence-electron chi connectivity index (χ4n) is 1.58. The molecule has 25 heavy (non-hydrogen) atoms. The van der Waals surface area contributed by atoms with E-state index in [4.69, 9.17) is 18.5 Å². The Morgan fingerprint density at radius 2 is 2.12 bits per heavy atom. The number of nitrogens with zero attached hydrogens (tertiary/aromatic N) is 2. The summed E-state index contributed by atoms with van der Waals surface area (Å²) in [6.07, 6.45) is 7.99. The molecule has 1 heterocycles. The van der Waals surface area contributed by atoms with Gasteiger partial charge in [-0.1, -0.05) is 30.5 Å². The lowest BCUT2D eigenvalue weighted by atomic mass is 10.2. The van der Waals surface area contributed by atoms with Crippen LogP contribution in [0.5, 0.6) is 0 Å². The van der Waals surface area contributed by atoms with Crippen LogP contribution in [0.3, 0.4) is 0 Å². The van der Waals surface area contributed by atoms with E-state index in [2.05, 4.69) is 23.3 Å². The first-order chi connectivity index (χ1) is 12.1. The Balaban J connectivity index is 2.26. The molecule has 0 fully saturated rings. The van der Waals surface area contributed by atoms with E-state index in [1.807, 2.05) is 19.1 Å². The van der Waals surface area contributed by atoms with Crippen LogP contribution in [0.2, 0.25) is 0 Å². The number of allylic oxidation sites excluding steroid dienone is 4. The SMILES string of the molecule is C=CC(=O)OCCCCOOSC(=C)/C=C(\C=C/C)c1noc(C)n1. The number of hydrogen-bond donors (Lipinski definition) is 0. The molecule has 136 valence electrons. The normalized spacial score (nSPS) is 11.7. The van der Waals surface area contributed by atoms with Gasteiger partial charge in [-0.15, -0.1) is 0 Å². The lowest BCUT2D eigenvalue weighted by molar-refractivity contribution is -0.191. The van der Waals surface area contributed by atoms with Crippen LogP contribution in [0.25, 0.3) is 5.57 Å². The smallest absolute Gasteiger partial charge is 0.330 e. The monoisotopic (exact) mass is 366 g/mol. The Morgan fingerprint density at radius 3 is 2.76 bits per heavy atom. The molecule has 8 heteroatoms. The van der Waals surface area contributed by atoms with Gasteiger partial charge in [-0.3, -0.25) is 0 Å². The van der Waals surface area contributed by atoms with Crippen LogP contribution in [0.1, 0.15) is 31.5 Å². The number of ether oxygens (including phenoxy) is 1. The highest BCUT2D eigenvalue weighted by Crippen LogP contribution is 2.22. The Hall–Kier alpha value is -2.16. The Kier molecular flexibility index (Phi) is 10.2. The summed E-state index contributed by atoms with van der Waals surface area (Å²) in [7, 11) is 0. The first-order valence-electron chi connectivity index (χ1n) is 7.66. The molecule has 0 aliphatic carbocycles. The number of hydrogen-bond acceptors (Lipinski definition) is 8. The van der Waals surface area contributed by atoms with Crippen molar-refractivity contribution in [1.82, 2.24) is 10.1 Å². The summed E-state index contributed by atoms with van der Waals surface area (Å²) in [4.78, 5) is 20.7. The van der Waals surface area contributed by atoms with Gasteiger partial charge in [-0.05, 0) is 25.8 Å². The van der Waals surface area contributed by atoms with Crippen LogP contribution >= 0.6 is 12.0 Å². The van der Waals surface area contributed by atoms with Crippen LogP contribution in [0, 0.1) is 6.92 Å². The molecule has 1 rings (SSSR count). The van der Waals surface area contributed by atoms with Gasteiger partial charge in [0.25, 0.3) is 0 Å². The van der Waals surface area contributed by atoms with Crippen molar-refractivity contribution in [2.24, 2.45) is 0 Å². The first kappa shape index (κ1) is 20.9. The van der Waals surface area contributed by atoms with Crippen LogP contribution < -0.4 is 0 Å². The third-order valence-electron chi connectivity index (χ3n) is 2.67. The van der Waals surface area contributed by atoms with Gasteiger partial charge in [0.2, 0.25) is 11.7 Å². The highest BCUT2D eigenvalue weighted by molar-refractivity contribution is 7.98.